The number of nitrogens with zero attached hydrogens (tertiary/aromatic N) is 4. The highest BCUT2D eigenvalue weighted by Crippen LogP contribution is 2.39. The lowest BCUT2D eigenvalue weighted by Crippen LogP contribution is -2.46. The van der Waals surface area contributed by atoms with Gasteiger partial charge in [0.2, 0.25) is 11.8 Å². The lowest BCUT2D eigenvalue weighted by atomic mass is 9.99. The van der Waals surface area contributed by atoms with Gasteiger partial charge in [-0.15, -0.1) is 0 Å². The van der Waals surface area contributed by atoms with E-state index in [1.54, 1.807) is 52.3 Å². The summed E-state index contributed by atoms with van der Waals surface area (Å²) in [5.74, 6) is -4.79. The average Bonchev–Trinajstić information content (AvgIpc) is 3.44. The Hall–Kier alpha value is -4.34. The number of benzene rings is 2. The van der Waals surface area contributed by atoms with Gasteiger partial charge in [0.1, 0.15) is 0 Å². The molecule has 1 unspecified atom stereocenters. The van der Waals surface area contributed by atoms with Gasteiger partial charge in [-0.1, -0.05) is 30.3 Å². The molecule has 2 aromatic heterocycles. The van der Waals surface area contributed by atoms with Gasteiger partial charge in [-0.2, -0.15) is 13.9 Å². The number of amides is 2. The molecular weight excluding hydrogens is 468 g/mol. The Morgan fingerprint density at radius 2 is 1.89 bits per heavy atom. The Bertz CT molecular complexity index is 1430. The second-order valence-electron chi connectivity index (χ2n) is 8.65. The average molecular weight is 491 g/mol. The van der Waals surface area contributed by atoms with E-state index >= 15 is 0 Å². The SMILES string of the molecule is COc1cc(-n2ncc3cc(N4C(=O)CC(NC(=O)C(C)(F)F)[C@H]4c4ccccc4)ccc32)ccn1. The first kappa shape index (κ1) is 23.4. The molecule has 8 nitrogen and oxygen atoms in total. The lowest BCUT2D eigenvalue weighted by molar-refractivity contribution is -0.143. The zero-order valence-corrected chi connectivity index (χ0v) is 19.6. The highest BCUT2D eigenvalue weighted by molar-refractivity contribution is 6.00. The second-order valence-corrected chi connectivity index (χ2v) is 8.65. The van der Waals surface area contributed by atoms with Gasteiger partial charge in [-0.05, 0) is 29.8 Å². The van der Waals surface area contributed by atoms with Crippen LogP contribution in [0.4, 0.5) is 14.5 Å². The lowest BCUT2D eigenvalue weighted by Gasteiger charge is -2.29. The molecule has 0 bridgehead atoms. The van der Waals surface area contributed by atoms with Crippen molar-refractivity contribution < 1.29 is 23.1 Å². The van der Waals surface area contributed by atoms with E-state index in [1.807, 2.05) is 30.3 Å². The Morgan fingerprint density at radius 1 is 1.11 bits per heavy atom. The minimum atomic E-state index is -3.55. The number of methoxy groups -OCH3 is 1. The third-order valence-corrected chi connectivity index (χ3v) is 6.18. The van der Waals surface area contributed by atoms with Crippen LogP contribution >= 0.6 is 0 Å². The van der Waals surface area contributed by atoms with E-state index in [0.29, 0.717) is 18.5 Å². The molecule has 2 amide bonds. The van der Waals surface area contributed by atoms with Gasteiger partial charge in [0.25, 0.3) is 5.91 Å². The number of pyridine rings is 1. The van der Waals surface area contributed by atoms with Crippen LogP contribution in [0.15, 0.2) is 73.1 Å². The molecule has 4 aromatic rings. The number of rotatable bonds is 6. The topological polar surface area (TPSA) is 89.4 Å². The van der Waals surface area contributed by atoms with E-state index in [-0.39, 0.29) is 12.3 Å². The monoisotopic (exact) mass is 491 g/mol. The first-order valence-corrected chi connectivity index (χ1v) is 11.3. The number of carbonyl (C=O) groups excluding carboxylic acids is 2. The quantitative estimate of drug-likeness (QED) is 0.440. The van der Waals surface area contributed by atoms with Gasteiger partial charge in [0.15, 0.2) is 0 Å². The van der Waals surface area contributed by atoms with E-state index in [4.69, 9.17) is 4.74 Å². The zero-order chi connectivity index (χ0) is 25.4. The third-order valence-electron chi connectivity index (χ3n) is 6.18. The van der Waals surface area contributed by atoms with Crippen LogP contribution in [0, 0.1) is 0 Å². The van der Waals surface area contributed by atoms with Crippen molar-refractivity contribution in [2.75, 3.05) is 12.0 Å². The summed E-state index contributed by atoms with van der Waals surface area (Å²) >= 11 is 0. The molecule has 36 heavy (non-hydrogen) atoms. The molecule has 0 saturated carbocycles. The van der Waals surface area contributed by atoms with Gasteiger partial charge in [0.05, 0.1) is 36.6 Å². The fourth-order valence-corrected chi connectivity index (χ4v) is 4.51. The zero-order valence-electron chi connectivity index (χ0n) is 19.6. The van der Waals surface area contributed by atoms with Crippen molar-refractivity contribution in [3.8, 4) is 11.6 Å². The summed E-state index contributed by atoms with van der Waals surface area (Å²) in [7, 11) is 1.53. The van der Waals surface area contributed by atoms with E-state index < -0.39 is 23.9 Å². The molecular formula is C26H23F2N5O3. The predicted molar refractivity (Wildman–Crippen MR) is 129 cm³/mol. The molecule has 1 N–H and O–H groups in total. The second kappa shape index (κ2) is 9.03. The van der Waals surface area contributed by atoms with E-state index in [1.165, 1.54) is 7.11 Å². The summed E-state index contributed by atoms with van der Waals surface area (Å²) in [6, 6.07) is 16.6. The first-order valence-electron chi connectivity index (χ1n) is 11.3. The van der Waals surface area contributed by atoms with Crippen LogP contribution in [0.5, 0.6) is 5.88 Å². The van der Waals surface area contributed by atoms with Crippen molar-refractivity contribution in [2.24, 2.45) is 0 Å². The van der Waals surface area contributed by atoms with Gasteiger partial charge >= 0.3 is 5.92 Å². The van der Waals surface area contributed by atoms with E-state index in [0.717, 1.165) is 22.2 Å². The largest absolute Gasteiger partial charge is 0.481 e. The summed E-state index contributed by atoms with van der Waals surface area (Å²) in [6.07, 6.45) is 3.20. The van der Waals surface area contributed by atoms with Gasteiger partial charge in [-0.25, -0.2) is 9.67 Å². The van der Waals surface area contributed by atoms with Crippen LogP contribution in [0.3, 0.4) is 0 Å². The minimum Gasteiger partial charge on any atom is -0.481 e. The maximum atomic E-state index is 13.6. The Labute approximate surface area is 205 Å². The standard InChI is InChI=1S/C26H23F2N5O3/c1-26(27,28)25(35)31-20-14-23(34)32(24(20)16-6-4-3-5-7-16)18-8-9-21-17(12-18)15-30-33(21)19-10-11-29-22(13-19)36-2/h3-13,15,20,24H,14H2,1-2H3,(H,31,35)/t20?,24-/m1/s1. The van der Waals surface area contributed by atoms with Crippen molar-refractivity contribution in [1.82, 2.24) is 20.1 Å². The van der Waals surface area contributed by atoms with Gasteiger partial charge in [-0.3, -0.25) is 9.59 Å². The van der Waals surface area contributed by atoms with Crippen molar-refractivity contribution in [3.05, 3.63) is 78.6 Å². The summed E-state index contributed by atoms with van der Waals surface area (Å²) in [5.41, 5.74) is 2.86. The summed E-state index contributed by atoms with van der Waals surface area (Å²) in [4.78, 5) is 30.9. The Kier molecular flexibility index (Phi) is 5.87. The fourth-order valence-electron chi connectivity index (χ4n) is 4.51. The molecule has 5 rings (SSSR count). The molecule has 1 saturated heterocycles. The number of hydrogen-bond donors (Lipinski definition) is 1. The number of carbonyl (C=O) groups is 2. The molecule has 1 aliphatic rings. The number of fused-ring (bicyclic) bond motifs is 1. The fraction of sp³-hybridized carbons (Fsp3) is 0.231. The maximum absolute atomic E-state index is 13.6. The molecule has 1 fully saturated rings. The molecule has 0 spiro atoms. The Balaban J connectivity index is 1.53. The number of halogens is 2. The number of anilines is 1. The van der Waals surface area contributed by atoms with Gasteiger partial charge < -0.3 is 15.0 Å². The molecule has 3 heterocycles. The Morgan fingerprint density at radius 3 is 2.61 bits per heavy atom. The van der Waals surface area contributed by atoms with Crippen molar-refractivity contribution >= 4 is 28.4 Å². The summed E-state index contributed by atoms with van der Waals surface area (Å²) < 4.78 is 34.2. The number of aromatic nitrogens is 3. The number of ether oxygens (including phenoxy) is 1. The van der Waals surface area contributed by atoms with Crippen molar-refractivity contribution in [1.29, 1.82) is 0 Å². The number of alkyl halides is 2. The van der Waals surface area contributed by atoms with Crippen LogP contribution in [0.25, 0.3) is 16.6 Å². The van der Waals surface area contributed by atoms with Crippen LogP contribution < -0.4 is 15.0 Å². The molecule has 2 atom stereocenters. The highest BCUT2D eigenvalue weighted by atomic mass is 19.3. The normalized spacial score (nSPS) is 18.0. The molecule has 0 aliphatic carbocycles. The predicted octanol–water partition coefficient (Wildman–Crippen LogP) is 4.05. The maximum Gasteiger partial charge on any atom is 0.321 e. The van der Waals surface area contributed by atoms with Crippen LogP contribution in [-0.4, -0.2) is 45.7 Å². The highest BCUT2D eigenvalue weighted by Gasteiger charge is 2.45. The van der Waals surface area contributed by atoms with E-state index in [2.05, 4.69) is 15.4 Å². The molecule has 2 aromatic carbocycles. The van der Waals surface area contributed by atoms with Crippen molar-refractivity contribution in [3.63, 3.8) is 0 Å². The summed E-state index contributed by atoms with van der Waals surface area (Å²) in [5, 5.41) is 7.63. The number of nitrogens with one attached hydrogen (secondary N) is 1. The van der Waals surface area contributed by atoms with Crippen LogP contribution in [0.2, 0.25) is 0 Å². The third kappa shape index (κ3) is 4.26. The van der Waals surface area contributed by atoms with Crippen LogP contribution in [0.1, 0.15) is 24.9 Å². The number of hydrogen-bond acceptors (Lipinski definition) is 5. The van der Waals surface area contributed by atoms with Gasteiger partial charge in [0, 0.05) is 36.7 Å². The van der Waals surface area contributed by atoms with Crippen LogP contribution in [-0.2, 0) is 9.59 Å². The molecule has 184 valence electrons. The summed E-state index contributed by atoms with van der Waals surface area (Å²) in [6.45, 7) is 0.540. The molecule has 10 heteroatoms. The van der Waals surface area contributed by atoms with E-state index in [9.17, 15) is 18.4 Å². The molecule has 1 aliphatic heterocycles. The minimum absolute atomic E-state index is 0.102. The smallest absolute Gasteiger partial charge is 0.321 e. The first-order chi connectivity index (χ1) is 17.3. The molecule has 0 radical (unpaired) electrons. The van der Waals surface area contributed by atoms with Crippen molar-refractivity contribution in [2.45, 2.75) is 31.4 Å².